The van der Waals surface area contributed by atoms with Gasteiger partial charge in [0.25, 0.3) is 0 Å². The first kappa shape index (κ1) is 22.8. The second-order valence-corrected chi connectivity index (χ2v) is 9.04. The summed E-state index contributed by atoms with van der Waals surface area (Å²) in [7, 11) is 3.04. The van der Waals surface area contributed by atoms with Crippen molar-refractivity contribution in [2.75, 3.05) is 14.2 Å². The van der Waals surface area contributed by atoms with E-state index < -0.39 is 17.4 Å². The Morgan fingerprint density at radius 2 is 1.74 bits per heavy atom. The SMILES string of the molecule is COc1ccc2nc(-n3c(O)c(O)c(C(=O)c4ccccc4OC)c3-c3ccc(Cl)cc3)sc2c1. The number of fused-ring (bicyclic) bond motifs is 1. The number of hydrogen-bond acceptors (Lipinski definition) is 7. The van der Waals surface area contributed by atoms with Crippen molar-refractivity contribution in [3.05, 3.63) is 82.9 Å². The van der Waals surface area contributed by atoms with Crippen LogP contribution in [0.1, 0.15) is 15.9 Å². The lowest BCUT2D eigenvalue weighted by molar-refractivity contribution is 0.103. The molecular weight excluding hydrogens is 488 g/mol. The summed E-state index contributed by atoms with van der Waals surface area (Å²) in [5.41, 5.74) is 1.68. The summed E-state index contributed by atoms with van der Waals surface area (Å²) in [6.45, 7) is 0. The molecule has 2 heterocycles. The third-order valence-electron chi connectivity index (χ3n) is 5.59. The van der Waals surface area contributed by atoms with Crippen molar-refractivity contribution in [2.24, 2.45) is 0 Å². The van der Waals surface area contributed by atoms with Crippen molar-refractivity contribution < 1.29 is 24.5 Å². The fraction of sp³-hybridized carbons (Fsp3) is 0.0769. The minimum absolute atomic E-state index is 0.0776. The topological polar surface area (TPSA) is 93.8 Å². The van der Waals surface area contributed by atoms with Gasteiger partial charge in [-0.2, -0.15) is 0 Å². The standard InChI is InChI=1S/C26H19ClN2O5S/c1-33-16-11-12-18-20(13-16)35-26(28-18)29-22(14-7-9-15(27)10-8-14)21(24(31)25(29)32)23(30)17-5-3-4-6-19(17)34-2/h3-13,31-32H,1-2H3. The van der Waals surface area contributed by atoms with Crippen LogP contribution in [0.25, 0.3) is 26.6 Å². The molecule has 7 nitrogen and oxygen atoms in total. The molecule has 0 fully saturated rings. The summed E-state index contributed by atoms with van der Waals surface area (Å²) >= 11 is 7.38. The van der Waals surface area contributed by atoms with E-state index in [1.807, 2.05) is 6.07 Å². The molecule has 0 radical (unpaired) electrons. The van der Waals surface area contributed by atoms with Crippen LogP contribution in [0, 0.1) is 0 Å². The Kier molecular flexibility index (Phi) is 5.84. The van der Waals surface area contributed by atoms with E-state index in [2.05, 4.69) is 4.98 Å². The highest BCUT2D eigenvalue weighted by Gasteiger charge is 2.32. The quantitative estimate of drug-likeness (QED) is 0.272. The summed E-state index contributed by atoms with van der Waals surface area (Å²) in [6, 6.07) is 18.9. The summed E-state index contributed by atoms with van der Waals surface area (Å²) in [6.07, 6.45) is 0. The van der Waals surface area contributed by atoms with Crippen LogP contribution in [0.5, 0.6) is 23.1 Å². The van der Waals surface area contributed by atoms with Crippen molar-refractivity contribution in [1.82, 2.24) is 9.55 Å². The number of benzene rings is 3. The minimum Gasteiger partial charge on any atom is -0.503 e. The molecule has 2 N–H and O–H groups in total. The molecule has 0 amide bonds. The first-order chi connectivity index (χ1) is 16.9. The van der Waals surface area contributed by atoms with Gasteiger partial charge in [0.15, 0.2) is 10.9 Å². The molecule has 176 valence electrons. The highest BCUT2D eigenvalue weighted by molar-refractivity contribution is 7.20. The number of para-hydroxylation sites is 1. The maximum Gasteiger partial charge on any atom is 0.242 e. The Balaban J connectivity index is 1.80. The summed E-state index contributed by atoms with van der Waals surface area (Å²) in [4.78, 5) is 18.4. The number of ketones is 1. The lowest BCUT2D eigenvalue weighted by Gasteiger charge is -2.11. The highest BCUT2D eigenvalue weighted by Crippen LogP contribution is 2.46. The fourth-order valence-electron chi connectivity index (χ4n) is 3.91. The van der Waals surface area contributed by atoms with Crippen molar-refractivity contribution >= 4 is 38.9 Å². The Morgan fingerprint density at radius 3 is 2.46 bits per heavy atom. The summed E-state index contributed by atoms with van der Waals surface area (Å²) < 4.78 is 12.9. The molecule has 0 aliphatic heterocycles. The van der Waals surface area contributed by atoms with Gasteiger partial charge in [0.2, 0.25) is 11.7 Å². The molecule has 0 aliphatic carbocycles. The normalized spacial score (nSPS) is 11.1. The van der Waals surface area contributed by atoms with Gasteiger partial charge in [0.1, 0.15) is 11.5 Å². The number of aromatic hydroxyl groups is 2. The van der Waals surface area contributed by atoms with Crippen LogP contribution in [0.4, 0.5) is 0 Å². The molecular formula is C26H19ClN2O5S. The first-order valence-corrected chi connectivity index (χ1v) is 11.7. The first-order valence-electron chi connectivity index (χ1n) is 10.5. The predicted molar refractivity (Wildman–Crippen MR) is 136 cm³/mol. The zero-order chi connectivity index (χ0) is 24.7. The molecule has 5 aromatic rings. The Bertz CT molecular complexity index is 1570. The monoisotopic (exact) mass is 506 g/mol. The highest BCUT2D eigenvalue weighted by atomic mass is 35.5. The van der Waals surface area contributed by atoms with E-state index in [0.717, 1.165) is 4.70 Å². The second-order valence-electron chi connectivity index (χ2n) is 7.60. The van der Waals surface area contributed by atoms with E-state index in [1.165, 1.54) is 23.0 Å². The van der Waals surface area contributed by atoms with E-state index in [4.69, 9.17) is 21.1 Å². The van der Waals surface area contributed by atoms with Gasteiger partial charge in [-0.1, -0.05) is 47.2 Å². The van der Waals surface area contributed by atoms with Gasteiger partial charge in [0, 0.05) is 5.02 Å². The Hall–Kier alpha value is -4.01. The molecule has 3 aromatic carbocycles. The number of carbonyl (C=O) groups excluding carboxylic acids is 1. The van der Waals surface area contributed by atoms with Crippen LogP contribution in [0.15, 0.2) is 66.7 Å². The number of rotatable bonds is 6. The van der Waals surface area contributed by atoms with Crippen LogP contribution >= 0.6 is 22.9 Å². The largest absolute Gasteiger partial charge is 0.503 e. The van der Waals surface area contributed by atoms with Gasteiger partial charge in [-0.25, -0.2) is 4.98 Å². The van der Waals surface area contributed by atoms with Gasteiger partial charge in [-0.3, -0.25) is 9.36 Å². The van der Waals surface area contributed by atoms with Gasteiger partial charge in [-0.15, -0.1) is 0 Å². The van der Waals surface area contributed by atoms with E-state index in [9.17, 15) is 15.0 Å². The molecule has 0 saturated heterocycles. The average molecular weight is 507 g/mol. The average Bonchev–Trinajstić information content (AvgIpc) is 3.41. The minimum atomic E-state index is -0.553. The number of thiazole rings is 1. The van der Waals surface area contributed by atoms with Crippen molar-refractivity contribution in [2.45, 2.75) is 0 Å². The molecule has 0 bridgehead atoms. The molecule has 0 spiro atoms. The van der Waals surface area contributed by atoms with Crippen LogP contribution in [-0.2, 0) is 0 Å². The summed E-state index contributed by atoms with van der Waals surface area (Å²) in [5.74, 6) is -0.556. The van der Waals surface area contributed by atoms with E-state index in [0.29, 0.717) is 32.7 Å². The van der Waals surface area contributed by atoms with E-state index in [1.54, 1.807) is 67.8 Å². The predicted octanol–water partition coefficient (Wildman–Crippen LogP) is 6.07. The van der Waals surface area contributed by atoms with Crippen molar-refractivity contribution in [3.8, 4) is 39.5 Å². The number of aromatic nitrogens is 2. The van der Waals surface area contributed by atoms with Crippen molar-refractivity contribution in [1.29, 1.82) is 0 Å². The number of carbonyl (C=O) groups is 1. The smallest absolute Gasteiger partial charge is 0.242 e. The molecule has 0 unspecified atom stereocenters. The summed E-state index contributed by atoms with van der Waals surface area (Å²) in [5, 5.41) is 23.0. The lowest BCUT2D eigenvalue weighted by atomic mass is 9.98. The zero-order valence-corrected chi connectivity index (χ0v) is 20.2. The molecule has 0 atom stereocenters. The molecule has 0 aliphatic rings. The molecule has 0 saturated carbocycles. The number of ether oxygens (including phenoxy) is 2. The molecule has 2 aromatic heterocycles. The fourth-order valence-corrected chi connectivity index (χ4v) is 5.04. The van der Waals surface area contributed by atoms with Gasteiger partial charge in [0.05, 0.1) is 41.3 Å². The van der Waals surface area contributed by atoms with Crippen LogP contribution in [0.2, 0.25) is 5.02 Å². The molecule has 35 heavy (non-hydrogen) atoms. The second kappa shape index (κ2) is 8.98. The molecule has 9 heteroatoms. The number of methoxy groups -OCH3 is 2. The van der Waals surface area contributed by atoms with E-state index >= 15 is 0 Å². The molecule has 5 rings (SSSR count). The maximum absolute atomic E-state index is 13.7. The van der Waals surface area contributed by atoms with Crippen molar-refractivity contribution in [3.63, 3.8) is 0 Å². The third kappa shape index (κ3) is 3.86. The zero-order valence-electron chi connectivity index (χ0n) is 18.7. The number of hydrogen-bond donors (Lipinski definition) is 2. The van der Waals surface area contributed by atoms with Crippen LogP contribution in [-0.4, -0.2) is 39.8 Å². The lowest BCUT2D eigenvalue weighted by Crippen LogP contribution is -2.06. The Labute approximate surface area is 209 Å². The number of halogens is 1. The Morgan fingerprint density at radius 1 is 1.00 bits per heavy atom. The van der Waals surface area contributed by atoms with Gasteiger partial charge >= 0.3 is 0 Å². The van der Waals surface area contributed by atoms with E-state index in [-0.39, 0.29) is 16.8 Å². The van der Waals surface area contributed by atoms with Gasteiger partial charge < -0.3 is 19.7 Å². The van der Waals surface area contributed by atoms with Crippen LogP contribution in [0.3, 0.4) is 0 Å². The maximum atomic E-state index is 13.7. The third-order valence-corrected chi connectivity index (χ3v) is 6.85. The van der Waals surface area contributed by atoms with Gasteiger partial charge in [-0.05, 0) is 48.0 Å². The number of nitrogens with zero attached hydrogens (tertiary/aromatic N) is 2. The van der Waals surface area contributed by atoms with Crippen LogP contribution < -0.4 is 9.47 Å².